The first-order chi connectivity index (χ1) is 15.3. The Kier molecular flexibility index (Phi) is 7.66. The fraction of sp³-hybridized carbons (Fsp3) is 0.417. The van der Waals surface area contributed by atoms with Crippen LogP contribution in [0.15, 0.2) is 42.5 Å². The van der Waals surface area contributed by atoms with Crippen molar-refractivity contribution in [2.75, 3.05) is 25.1 Å². The number of amides is 2. The molecule has 1 heterocycles. The van der Waals surface area contributed by atoms with Crippen molar-refractivity contribution in [2.24, 2.45) is 5.92 Å². The van der Waals surface area contributed by atoms with E-state index in [1.807, 2.05) is 24.3 Å². The highest BCUT2D eigenvalue weighted by molar-refractivity contribution is 5.98. The van der Waals surface area contributed by atoms with E-state index in [2.05, 4.69) is 15.5 Å². The predicted molar refractivity (Wildman–Crippen MR) is 119 cm³/mol. The Balaban J connectivity index is 1.57. The molecule has 1 fully saturated rings. The summed E-state index contributed by atoms with van der Waals surface area (Å²) in [5.74, 6) is -2.68. The largest absolute Gasteiger partial charge is 0.497 e. The van der Waals surface area contributed by atoms with E-state index in [0.717, 1.165) is 49.5 Å². The SMILES string of the molecule is COc1ccc(N2CCC(NC(=O)C(NC(=O)c3c(F)cccc3F)C(C)C)CC2)cc1. The molecule has 0 bridgehead atoms. The van der Waals surface area contributed by atoms with Crippen molar-refractivity contribution in [1.82, 2.24) is 10.6 Å². The molecule has 1 saturated heterocycles. The van der Waals surface area contributed by atoms with Gasteiger partial charge in [-0.05, 0) is 55.2 Å². The molecule has 0 saturated carbocycles. The highest BCUT2D eigenvalue weighted by Crippen LogP contribution is 2.23. The van der Waals surface area contributed by atoms with Gasteiger partial charge in [0.2, 0.25) is 5.91 Å². The molecule has 2 aromatic carbocycles. The number of benzene rings is 2. The molecule has 3 rings (SSSR count). The monoisotopic (exact) mass is 445 g/mol. The van der Waals surface area contributed by atoms with Gasteiger partial charge in [-0.15, -0.1) is 0 Å². The maximum Gasteiger partial charge on any atom is 0.257 e. The first-order valence-electron chi connectivity index (χ1n) is 10.7. The molecule has 32 heavy (non-hydrogen) atoms. The number of methoxy groups -OCH3 is 1. The maximum atomic E-state index is 13.9. The van der Waals surface area contributed by atoms with Gasteiger partial charge in [0, 0.05) is 24.8 Å². The topological polar surface area (TPSA) is 70.7 Å². The smallest absolute Gasteiger partial charge is 0.257 e. The van der Waals surface area contributed by atoms with Crippen molar-refractivity contribution in [3.63, 3.8) is 0 Å². The van der Waals surface area contributed by atoms with Crippen LogP contribution in [0.4, 0.5) is 14.5 Å². The minimum atomic E-state index is -0.962. The van der Waals surface area contributed by atoms with Crippen LogP contribution in [0, 0.1) is 17.6 Å². The van der Waals surface area contributed by atoms with Gasteiger partial charge in [-0.3, -0.25) is 9.59 Å². The number of carbonyl (C=O) groups excluding carboxylic acids is 2. The number of ether oxygens (including phenoxy) is 1. The number of nitrogens with zero attached hydrogens (tertiary/aromatic N) is 1. The number of carbonyl (C=O) groups is 2. The Morgan fingerprint density at radius 2 is 1.62 bits per heavy atom. The number of anilines is 1. The lowest BCUT2D eigenvalue weighted by atomic mass is 9.99. The summed E-state index contributed by atoms with van der Waals surface area (Å²) in [6, 6.07) is 10.1. The van der Waals surface area contributed by atoms with Gasteiger partial charge < -0.3 is 20.3 Å². The third-order valence-corrected chi connectivity index (χ3v) is 5.70. The van der Waals surface area contributed by atoms with Gasteiger partial charge in [0.25, 0.3) is 5.91 Å². The van der Waals surface area contributed by atoms with Crippen LogP contribution < -0.4 is 20.3 Å². The quantitative estimate of drug-likeness (QED) is 0.684. The van der Waals surface area contributed by atoms with Crippen LogP contribution in [0.2, 0.25) is 0 Å². The zero-order chi connectivity index (χ0) is 23.3. The maximum absolute atomic E-state index is 13.9. The Morgan fingerprint density at radius 3 is 2.16 bits per heavy atom. The minimum absolute atomic E-state index is 0.0413. The number of nitrogens with one attached hydrogen (secondary N) is 2. The Hall–Kier alpha value is -3.16. The molecule has 1 aliphatic rings. The lowest BCUT2D eigenvalue weighted by Gasteiger charge is -2.35. The lowest BCUT2D eigenvalue weighted by Crippen LogP contribution is -2.54. The summed E-state index contributed by atoms with van der Waals surface area (Å²) < 4.78 is 33.1. The standard InChI is InChI=1S/C24H29F2N3O3/c1-15(2)22(28-23(30)21-19(25)5-4-6-20(21)26)24(31)27-16-11-13-29(14-12-16)17-7-9-18(32-3)10-8-17/h4-10,15-16,22H,11-14H2,1-3H3,(H,27,31)(H,28,30). The van der Waals surface area contributed by atoms with Crippen molar-refractivity contribution >= 4 is 17.5 Å². The van der Waals surface area contributed by atoms with Gasteiger partial charge >= 0.3 is 0 Å². The van der Waals surface area contributed by atoms with Crippen molar-refractivity contribution in [2.45, 2.75) is 38.8 Å². The average molecular weight is 446 g/mol. The van der Waals surface area contributed by atoms with E-state index in [1.54, 1.807) is 21.0 Å². The highest BCUT2D eigenvalue weighted by Gasteiger charge is 2.29. The van der Waals surface area contributed by atoms with E-state index in [9.17, 15) is 18.4 Å². The third-order valence-electron chi connectivity index (χ3n) is 5.70. The summed E-state index contributed by atoms with van der Waals surface area (Å²) in [5, 5.41) is 5.48. The molecule has 172 valence electrons. The van der Waals surface area contributed by atoms with Crippen molar-refractivity contribution in [1.29, 1.82) is 0 Å². The molecule has 2 N–H and O–H groups in total. The molecular weight excluding hydrogens is 416 g/mol. The van der Waals surface area contributed by atoms with Crippen molar-refractivity contribution < 1.29 is 23.1 Å². The number of hydrogen-bond acceptors (Lipinski definition) is 4. The normalized spacial score (nSPS) is 15.4. The van der Waals surface area contributed by atoms with Crippen molar-refractivity contribution in [3.05, 3.63) is 59.7 Å². The number of piperidine rings is 1. The van der Waals surface area contributed by atoms with E-state index < -0.39 is 29.1 Å². The van der Waals surface area contributed by atoms with E-state index in [0.29, 0.717) is 0 Å². The molecule has 1 aliphatic heterocycles. The van der Waals surface area contributed by atoms with Gasteiger partial charge in [-0.1, -0.05) is 19.9 Å². The van der Waals surface area contributed by atoms with Crippen LogP contribution in [0.1, 0.15) is 37.0 Å². The third kappa shape index (κ3) is 5.55. The van der Waals surface area contributed by atoms with E-state index >= 15 is 0 Å². The number of hydrogen-bond donors (Lipinski definition) is 2. The number of rotatable bonds is 7. The average Bonchev–Trinajstić information content (AvgIpc) is 2.77. The molecule has 0 radical (unpaired) electrons. The van der Waals surface area contributed by atoms with E-state index in [4.69, 9.17) is 4.74 Å². The molecule has 1 atom stereocenters. The molecule has 0 spiro atoms. The Morgan fingerprint density at radius 1 is 1.03 bits per heavy atom. The van der Waals surface area contributed by atoms with Crippen molar-refractivity contribution in [3.8, 4) is 5.75 Å². The lowest BCUT2D eigenvalue weighted by molar-refractivity contribution is -0.124. The zero-order valence-electron chi connectivity index (χ0n) is 18.5. The first-order valence-corrected chi connectivity index (χ1v) is 10.7. The fourth-order valence-corrected chi connectivity index (χ4v) is 3.83. The van der Waals surface area contributed by atoms with Gasteiger partial charge in [-0.25, -0.2) is 8.78 Å². The summed E-state index contributed by atoms with van der Waals surface area (Å²) in [7, 11) is 1.63. The van der Waals surface area contributed by atoms with Gasteiger partial charge in [0.15, 0.2) is 0 Å². The van der Waals surface area contributed by atoms with Crippen LogP contribution >= 0.6 is 0 Å². The molecule has 1 unspecified atom stereocenters. The second-order valence-electron chi connectivity index (χ2n) is 8.26. The summed E-state index contributed by atoms with van der Waals surface area (Å²) in [6.45, 7) is 5.09. The Labute approximate surface area is 186 Å². The van der Waals surface area contributed by atoms with E-state index in [-0.39, 0.29) is 17.9 Å². The van der Waals surface area contributed by atoms with E-state index in [1.165, 1.54) is 6.07 Å². The van der Waals surface area contributed by atoms with Gasteiger partial charge in [0.05, 0.1) is 7.11 Å². The zero-order valence-corrected chi connectivity index (χ0v) is 18.5. The summed E-state index contributed by atoms with van der Waals surface area (Å²) in [5.41, 5.74) is 0.411. The first kappa shape index (κ1) is 23.5. The minimum Gasteiger partial charge on any atom is -0.497 e. The molecular formula is C24H29F2N3O3. The predicted octanol–water partition coefficient (Wildman–Crippen LogP) is 3.51. The van der Waals surface area contributed by atoms with Crippen LogP contribution in [0.25, 0.3) is 0 Å². The summed E-state index contributed by atoms with van der Waals surface area (Å²) >= 11 is 0. The second-order valence-corrected chi connectivity index (χ2v) is 8.26. The molecule has 0 aliphatic carbocycles. The summed E-state index contributed by atoms with van der Waals surface area (Å²) in [6.07, 6.45) is 1.50. The van der Waals surface area contributed by atoms with Crippen LogP contribution in [0.3, 0.4) is 0 Å². The van der Waals surface area contributed by atoms with Crippen LogP contribution in [0.5, 0.6) is 5.75 Å². The molecule has 6 nitrogen and oxygen atoms in total. The van der Waals surface area contributed by atoms with Gasteiger partial charge in [-0.2, -0.15) is 0 Å². The molecule has 0 aromatic heterocycles. The van der Waals surface area contributed by atoms with Crippen LogP contribution in [-0.2, 0) is 4.79 Å². The number of halogens is 2. The highest BCUT2D eigenvalue weighted by atomic mass is 19.1. The molecule has 8 heteroatoms. The molecule has 2 amide bonds. The van der Waals surface area contributed by atoms with Crippen LogP contribution in [-0.4, -0.2) is 44.1 Å². The Bertz CT molecular complexity index is 922. The fourth-order valence-electron chi connectivity index (χ4n) is 3.83. The summed E-state index contributed by atoms with van der Waals surface area (Å²) in [4.78, 5) is 27.6. The molecule has 2 aromatic rings. The van der Waals surface area contributed by atoms with Gasteiger partial charge in [0.1, 0.15) is 29.0 Å². The second kappa shape index (κ2) is 10.4.